The molecule has 1 N–H and O–H groups in total. The maximum Gasteiger partial charge on any atom is 0.279 e. The minimum absolute atomic E-state index is 0.146. The molecule has 1 aliphatic rings. The Kier molecular flexibility index (Phi) is 5.97. The van der Waals surface area contributed by atoms with Crippen LogP contribution in [0.1, 0.15) is 29.0 Å². The van der Waals surface area contributed by atoms with Crippen molar-refractivity contribution >= 4 is 35.2 Å². The summed E-state index contributed by atoms with van der Waals surface area (Å²) in [5.41, 5.74) is 1.57. The summed E-state index contributed by atoms with van der Waals surface area (Å²) in [6.07, 6.45) is 2.20. The standard InChI is InChI=1S/C22H20FN3O2S2/c1-26-20-19(16(11-18(27)24-20)13-7-9-15(29-2)10-8-13)21(28)25-22(26)30-12-14-5-3-4-6-17(14)23/h3-10,16H,11-12H2,1-2H3,(H,24,27). The first kappa shape index (κ1) is 20.7. The van der Waals surface area contributed by atoms with Crippen LogP contribution in [0.5, 0.6) is 0 Å². The van der Waals surface area contributed by atoms with Crippen molar-refractivity contribution in [2.75, 3.05) is 11.6 Å². The van der Waals surface area contributed by atoms with Crippen LogP contribution in [0.2, 0.25) is 0 Å². The smallest absolute Gasteiger partial charge is 0.279 e. The molecule has 3 aromatic rings. The highest BCUT2D eigenvalue weighted by Gasteiger charge is 2.32. The third-order valence-electron chi connectivity index (χ3n) is 5.13. The number of hydrogen-bond acceptors (Lipinski definition) is 5. The topological polar surface area (TPSA) is 64.0 Å². The number of thioether (sulfide) groups is 2. The van der Waals surface area contributed by atoms with Gasteiger partial charge in [0.15, 0.2) is 5.16 Å². The number of nitrogens with zero attached hydrogens (tertiary/aromatic N) is 2. The molecular formula is C22H20FN3O2S2. The molecular weight excluding hydrogens is 421 g/mol. The van der Waals surface area contributed by atoms with E-state index in [0.717, 1.165) is 10.5 Å². The molecule has 0 spiro atoms. The molecule has 154 valence electrons. The molecule has 0 aliphatic carbocycles. The van der Waals surface area contributed by atoms with E-state index in [1.54, 1.807) is 41.6 Å². The van der Waals surface area contributed by atoms with E-state index in [4.69, 9.17) is 0 Å². The maximum absolute atomic E-state index is 13.9. The predicted molar refractivity (Wildman–Crippen MR) is 119 cm³/mol. The molecule has 30 heavy (non-hydrogen) atoms. The zero-order valence-electron chi connectivity index (χ0n) is 16.5. The van der Waals surface area contributed by atoms with E-state index in [0.29, 0.717) is 27.9 Å². The lowest BCUT2D eigenvalue weighted by Gasteiger charge is -2.27. The van der Waals surface area contributed by atoms with Gasteiger partial charge in [0, 0.05) is 30.0 Å². The normalized spacial score (nSPS) is 15.6. The molecule has 0 bridgehead atoms. The number of nitrogens with one attached hydrogen (secondary N) is 1. The summed E-state index contributed by atoms with van der Waals surface area (Å²) in [5, 5.41) is 3.26. The SMILES string of the molecule is CSc1ccc(C2CC(=O)Nc3c2c(=O)nc(SCc2ccccc2F)n3C)cc1. The van der Waals surface area contributed by atoms with Gasteiger partial charge in [-0.2, -0.15) is 4.98 Å². The summed E-state index contributed by atoms with van der Waals surface area (Å²) in [7, 11) is 1.76. The minimum Gasteiger partial charge on any atom is -0.312 e. The predicted octanol–water partition coefficient (Wildman–Crippen LogP) is 4.41. The summed E-state index contributed by atoms with van der Waals surface area (Å²) in [4.78, 5) is 30.8. The van der Waals surface area contributed by atoms with Crippen LogP contribution in [0.25, 0.3) is 0 Å². The highest BCUT2D eigenvalue weighted by atomic mass is 32.2. The van der Waals surface area contributed by atoms with Crippen molar-refractivity contribution < 1.29 is 9.18 Å². The fourth-order valence-electron chi connectivity index (χ4n) is 3.54. The van der Waals surface area contributed by atoms with E-state index >= 15 is 0 Å². The maximum atomic E-state index is 13.9. The minimum atomic E-state index is -0.363. The van der Waals surface area contributed by atoms with Gasteiger partial charge in [0.2, 0.25) is 5.91 Å². The lowest BCUT2D eigenvalue weighted by atomic mass is 9.87. The molecule has 1 aromatic heterocycles. The van der Waals surface area contributed by atoms with Crippen molar-refractivity contribution in [3.8, 4) is 0 Å². The fourth-order valence-corrected chi connectivity index (χ4v) is 4.90. The number of carbonyl (C=O) groups excluding carboxylic acids is 1. The molecule has 2 heterocycles. The highest BCUT2D eigenvalue weighted by molar-refractivity contribution is 7.98. The molecule has 0 radical (unpaired) electrons. The average molecular weight is 442 g/mol. The second-order valence-electron chi connectivity index (χ2n) is 6.98. The summed E-state index contributed by atoms with van der Waals surface area (Å²) in [5.74, 6) is 0.00428. The number of halogens is 1. The van der Waals surface area contributed by atoms with Crippen LogP contribution in [0.3, 0.4) is 0 Å². The van der Waals surface area contributed by atoms with Gasteiger partial charge in [0.05, 0.1) is 5.56 Å². The molecule has 0 saturated carbocycles. The number of carbonyl (C=O) groups is 1. The number of hydrogen-bond donors (Lipinski definition) is 1. The van der Waals surface area contributed by atoms with Crippen LogP contribution in [0, 0.1) is 5.82 Å². The molecule has 5 nitrogen and oxygen atoms in total. The zero-order chi connectivity index (χ0) is 21.3. The molecule has 2 aromatic carbocycles. The summed E-state index contributed by atoms with van der Waals surface area (Å²) in [6, 6.07) is 14.4. The van der Waals surface area contributed by atoms with Crippen molar-refractivity contribution in [2.24, 2.45) is 7.05 Å². The summed E-state index contributed by atoms with van der Waals surface area (Å²) < 4.78 is 15.6. The van der Waals surface area contributed by atoms with E-state index in [-0.39, 0.29) is 29.6 Å². The molecule has 1 aliphatic heterocycles. The molecule has 1 amide bonds. The van der Waals surface area contributed by atoms with E-state index in [1.807, 2.05) is 30.5 Å². The zero-order valence-corrected chi connectivity index (χ0v) is 18.1. The summed E-state index contributed by atoms with van der Waals surface area (Å²) in [6.45, 7) is 0. The monoisotopic (exact) mass is 441 g/mol. The van der Waals surface area contributed by atoms with Gasteiger partial charge in [-0.3, -0.25) is 9.59 Å². The van der Waals surface area contributed by atoms with Gasteiger partial charge in [-0.05, 0) is 35.6 Å². The number of benzene rings is 2. The lowest BCUT2D eigenvalue weighted by molar-refractivity contribution is -0.116. The second kappa shape index (κ2) is 8.65. The van der Waals surface area contributed by atoms with Gasteiger partial charge in [-0.15, -0.1) is 11.8 Å². The van der Waals surface area contributed by atoms with Crippen molar-refractivity contribution in [1.82, 2.24) is 9.55 Å². The van der Waals surface area contributed by atoms with Gasteiger partial charge in [0.1, 0.15) is 11.6 Å². The van der Waals surface area contributed by atoms with Crippen LogP contribution >= 0.6 is 23.5 Å². The van der Waals surface area contributed by atoms with Crippen molar-refractivity contribution in [3.63, 3.8) is 0 Å². The molecule has 0 saturated heterocycles. The van der Waals surface area contributed by atoms with E-state index < -0.39 is 0 Å². The Morgan fingerprint density at radius 2 is 1.90 bits per heavy atom. The highest BCUT2D eigenvalue weighted by Crippen LogP contribution is 2.36. The van der Waals surface area contributed by atoms with E-state index in [2.05, 4.69) is 10.3 Å². The number of amides is 1. The molecule has 1 atom stereocenters. The third-order valence-corrected chi connectivity index (χ3v) is 6.96. The van der Waals surface area contributed by atoms with Crippen LogP contribution in [-0.2, 0) is 17.6 Å². The first-order chi connectivity index (χ1) is 14.5. The van der Waals surface area contributed by atoms with Crippen LogP contribution in [-0.4, -0.2) is 21.7 Å². The molecule has 0 fully saturated rings. The molecule has 4 rings (SSSR count). The van der Waals surface area contributed by atoms with E-state index in [9.17, 15) is 14.0 Å². The van der Waals surface area contributed by atoms with Crippen LogP contribution in [0.4, 0.5) is 10.2 Å². The first-order valence-corrected chi connectivity index (χ1v) is 11.6. The van der Waals surface area contributed by atoms with Crippen molar-refractivity contribution in [2.45, 2.75) is 28.1 Å². The second-order valence-corrected chi connectivity index (χ2v) is 8.80. The number of anilines is 1. The van der Waals surface area contributed by atoms with Gasteiger partial charge in [-0.1, -0.05) is 42.1 Å². The molecule has 1 unspecified atom stereocenters. The largest absolute Gasteiger partial charge is 0.312 e. The Balaban J connectivity index is 1.71. The first-order valence-electron chi connectivity index (χ1n) is 9.39. The Morgan fingerprint density at radius 1 is 1.17 bits per heavy atom. The quantitative estimate of drug-likeness (QED) is 0.469. The number of fused-ring (bicyclic) bond motifs is 1. The number of rotatable bonds is 5. The van der Waals surface area contributed by atoms with Crippen LogP contribution < -0.4 is 10.9 Å². The van der Waals surface area contributed by atoms with Crippen molar-refractivity contribution in [3.05, 3.63) is 81.4 Å². The average Bonchev–Trinajstić information content (AvgIpc) is 2.75. The van der Waals surface area contributed by atoms with Gasteiger partial charge < -0.3 is 9.88 Å². The van der Waals surface area contributed by atoms with Crippen molar-refractivity contribution in [1.29, 1.82) is 0 Å². The lowest BCUT2D eigenvalue weighted by Crippen LogP contribution is -2.33. The summed E-state index contributed by atoms with van der Waals surface area (Å²) >= 11 is 2.90. The van der Waals surface area contributed by atoms with E-state index in [1.165, 1.54) is 17.8 Å². The molecule has 8 heteroatoms. The van der Waals surface area contributed by atoms with Gasteiger partial charge in [-0.25, -0.2) is 4.39 Å². The van der Waals surface area contributed by atoms with Crippen LogP contribution in [0.15, 0.2) is 63.4 Å². The number of aromatic nitrogens is 2. The Labute approximate surface area is 182 Å². The third kappa shape index (κ3) is 4.02. The van der Waals surface area contributed by atoms with Gasteiger partial charge >= 0.3 is 0 Å². The Morgan fingerprint density at radius 3 is 2.60 bits per heavy atom. The Bertz CT molecular complexity index is 1160. The van der Waals surface area contributed by atoms with Gasteiger partial charge in [0.25, 0.3) is 5.56 Å². The fraction of sp³-hybridized carbons (Fsp3) is 0.227. The Hall–Kier alpha value is -2.58.